The molecule has 2 heterocycles. The monoisotopic (exact) mass is 303 g/mol. The predicted molar refractivity (Wildman–Crippen MR) is 87.1 cm³/mol. The third-order valence-corrected chi connectivity index (χ3v) is 4.55. The number of rotatable bonds is 2. The molecule has 3 rings (SSSR count). The summed E-state index contributed by atoms with van der Waals surface area (Å²) in [6.07, 6.45) is 3.28. The van der Waals surface area contributed by atoms with E-state index < -0.39 is 0 Å². The van der Waals surface area contributed by atoms with Crippen molar-refractivity contribution < 1.29 is 9.53 Å². The summed E-state index contributed by atoms with van der Waals surface area (Å²) in [5, 5.41) is 2.98. The van der Waals surface area contributed by atoms with E-state index in [1.807, 2.05) is 35.2 Å². The van der Waals surface area contributed by atoms with Crippen LogP contribution >= 0.6 is 0 Å². The van der Waals surface area contributed by atoms with Crippen LogP contribution in [0.2, 0.25) is 0 Å². The number of carbonyl (C=O) groups excluding carboxylic acids is 1. The Balaban J connectivity index is 1.52. The van der Waals surface area contributed by atoms with E-state index in [2.05, 4.69) is 10.2 Å². The number of hydrogen-bond donors (Lipinski definition) is 1. The third-order valence-electron chi connectivity index (χ3n) is 4.55. The first-order chi connectivity index (χ1) is 10.8. The van der Waals surface area contributed by atoms with Crippen LogP contribution < -0.4 is 5.32 Å². The van der Waals surface area contributed by atoms with Crippen molar-refractivity contribution in [1.29, 1.82) is 0 Å². The Morgan fingerprint density at radius 2 is 1.82 bits per heavy atom. The van der Waals surface area contributed by atoms with Crippen LogP contribution in [-0.4, -0.2) is 61.3 Å². The van der Waals surface area contributed by atoms with Crippen LogP contribution in [0.4, 0.5) is 10.5 Å². The Morgan fingerprint density at radius 1 is 1.05 bits per heavy atom. The number of anilines is 1. The average Bonchev–Trinajstić information content (AvgIpc) is 2.83. The Morgan fingerprint density at radius 3 is 2.59 bits per heavy atom. The SMILES string of the molecule is O=C(Nc1ccccc1)N1CCCN(C2CCOCC2)CC1. The molecular formula is C17H25N3O2. The third kappa shape index (κ3) is 3.99. The van der Waals surface area contributed by atoms with Crippen LogP contribution in [-0.2, 0) is 4.74 Å². The number of benzene rings is 1. The Labute approximate surface area is 132 Å². The number of nitrogens with zero attached hydrogens (tertiary/aromatic N) is 2. The van der Waals surface area contributed by atoms with Gasteiger partial charge in [0.2, 0.25) is 0 Å². The summed E-state index contributed by atoms with van der Waals surface area (Å²) in [5.41, 5.74) is 0.859. The van der Waals surface area contributed by atoms with Gasteiger partial charge in [0, 0.05) is 51.1 Å². The molecule has 0 radical (unpaired) electrons. The van der Waals surface area contributed by atoms with Crippen LogP contribution in [0.3, 0.4) is 0 Å². The lowest BCUT2D eigenvalue weighted by Gasteiger charge is -2.33. The van der Waals surface area contributed by atoms with Gasteiger partial charge >= 0.3 is 6.03 Å². The highest BCUT2D eigenvalue weighted by molar-refractivity contribution is 5.89. The molecule has 1 aromatic carbocycles. The minimum atomic E-state index is 0.0139. The summed E-state index contributed by atoms with van der Waals surface area (Å²) in [4.78, 5) is 16.9. The van der Waals surface area contributed by atoms with Gasteiger partial charge in [-0.05, 0) is 31.4 Å². The van der Waals surface area contributed by atoms with Gasteiger partial charge in [0.15, 0.2) is 0 Å². The fourth-order valence-electron chi connectivity index (χ4n) is 3.28. The van der Waals surface area contributed by atoms with E-state index in [1.54, 1.807) is 0 Å². The molecule has 0 saturated carbocycles. The summed E-state index contributed by atoms with van der Waals surface area (Å²) in [6.45, 7) is 5.43. The second kappa shape index (κ2) is 7.61. The Kier molecular flexibility index (Phi) is 5.29. The second-order valence-electron chi connectivity index (χ2n) is 6.02. The largest absolute Gasteiger partial charge is 0.381 e. The number of nitrogens with one attached hydrogen (secondary N) is 1. The van der Waals surface area contributed by atoms with Crippen LogP contribution in [0.25, 0.3) is 0 Å². The van der Waals surface area contributed by atoms with Gasteiger partial charge < -0.3 is 15.0 Å². The van der Waals surface area contributed by atoms with E-state index in [0.29, 0.717) is 6.04 Å². The summed E-state index contributed by atoms with van der Waals surface area (Å²) >= 11 is 0. The predicted octanol–water partition coefficient (Wildman–Crippen LogP) is 2.41. The fraction of sp³-hybridized carbons (Fsp3) is 0.588. The van der Waals surface area contributed by atoms with Gasteiger partial charge in [-0.15, -0.1) is 0 Å². The highest BCUT2D eigenvalue weighted by Gasteiger charge is 2.25. The molecule has 0 bridgehead atoms. The molecule has 0 atom stereocenters. The van der Waals surface area contributed by atoms with Gasteiger partial charge in [0.05, 0.1) is 0 Å². The first kappa shape index (κ1) is 15.3. The molecule has 2 fully saturated rings. The average molecular weight is 303 g/mol. The molecule has 22 heavy (non-hydrogen) atoms. The van der Waals surface area contributed by atoms with Crippen LogP contribution in [0.15, 0.2) is 30.3 Å². The molecule has 1 N–H and O–H groups in total. The number of hydrogen-bond acceptors (Lipinski definition) is 3. The minimum Gasteiger partial charge on any atom is -0.381 e. The maximum Gasteiger partial charge on any atom is 0.321 e. The number of para-hydroxylation sites is 1. The van der Waals surface area contributed by atoms with Crippen LogP contribution in [0.1, 0.15) is 19.3 Å². The summed E-state index contributed by atoms with van der Waals surface area (Å²) in [6, 6.07) is 10.3. The minimum absolute atomic E-state index is 0.0139. The van der Waals surface area contributed by atoms with E-state index in [-0.39, 0.29) is 6.03 Å². The van der Waals surface area contributed by atoms with Gasteiger partial charge in [0.25, 0.3) is 0 Å². The number of amides is 2. The second-order valence-corrected chi connectivity index (χ2v) is 6.02. The Bertz CT molecular complexity index is 474. The van der Waals surface area contributed by atoms with Crippen molar-refractivity contribution in [3.8, 4) is 0 Å². The van der Waals surface area contributed by atoms with Crippen molar-refractivity contribution in [3.05, 3.63) is 30.3 Å². The summed E-state index contributed by atoms with van der Waals surface area (Å²) in [7, 11) is 0. The zero-order chi connectivity index (χ0) is 15.2. The van der Waals surface area contributed by atoms with Crippen molar-refractivity contribution in [2.24, 2.45) is 0 Å². The summed E-state index contributed by atoms with van der Waals surface area (Å²) in [5.74, 6) is 0. The molecule has 0 aromatic heterocycles. The Hall–Kier alpha value is -1.59. The lowest BCUT2D eigenvalue weighted by atomic mass is 10.1. The highest BCUT2D eigenvalue weighted by Crippen LogP contribution is 2.17. The van der Waals surface area contributed by atoms with Gasteiger partial charge in [-0.1, -0.05) is 18.2 Å². The molecule has 2 aliphatic heterocycles. The molecule has 5 nitrogen and oxygen atoms in total. The smallest absolute Gasteiger partial charge is 0.321 e. The molecule has 1 aromatic rings. The van der Waals surface area contributed by atoms with E-state index >= 15 is 0 Å². The molecule has 2 amide bonds. The molecule has 0 spiro atoms. The zero-order valence-electron chi connectivity index (χ0n) is 13.0. The molecule has 0 aliphatic carbocycles. The molecule has 2 aliphatic rings. The first-order valence-corrected chi connectivity index (χ1v) is 8.26. The van der Waals surface area contributed by atoms with Crippen LogP contribution in [0, 0.1) is 0 Å². The van der Waals surface area contributed by atoms with Gasteiger partial charge in [0.1, 0.15) is 0 Å². The molecular weight excluding hydrogens is 278 g/mol. The topological polar surface area (TPSA) is 44.8 Å². The standard InChI is InChI=1S/C17H25N3O2/c21-17(18-15-5-2-1-3-6-15)20-10-4-9-19(11-12-20)16-7-13-22-14-8-16/h1-3,5-6,16H,4,7-14H2,(H,18,21). The quantitative estimate of drug-likeness (QED) is 0.912. The molecule has 2 saturated heterocycles. The lowest BCUT2D eigenvalue weighted by Crippen LogP contribution is -2.42. The van der Waals surface area contributed by atoms with E-state index in [9.17, 15) is 4.79 Å². The molecule has 5 heteroatoms. The molecule has 120 valence electrons. The van der Waals surface area contributed by atoms with E-state index in [1.165, 1.54) is 0 Å². The number of carbonyl (C=O) groups is 1. The van der Waals surface area contributed by atoms with E-state index in [0.717, 1.165) is 64.3 Å². The fourth-order valence-corrected chi connectivity index (χ4v) is 3.28. The molecule has 0 unspecified atom stereocenters. The maximum absolute atomic E-state index is 12.4. The van der Waals surface area contributed by atoms with Crippen molar-refractivity contribution in [3.63, 3.8) is 0 Å². The highest BCUT2D eigenvalue weighted by atomic mass is 16.5. The van der Waals surface area contributed by atoms with Crippen LogP contribution in [0.5, 0.6) is 0 Å². The van der Waals surface area contributed by atoms with Crippen molar-refractivity contribution in [2.45, 2.75) is 25.3 Å². The van der Waals surface area contributed by atoms with E-state index in [4.69, 9.17) is 4.74 Å². The van der Waals surface area contributed by atoms with Gasteiger partial charge in [-0.2, -0.15) is 0 Å². The zero-order valence-corrected chi connectivity index (χ0v) is 13.0. The lowest BCUT2D eigenvalue weighted by molar-refractivity contribution is 0.0357. The first-order valence-electron chi connectivity index (χ1n) is 8.26. The van der Waals surface area contributed by atoms with Gasteiger partial charge in [-0.3, -0.25) is 4.90 Å². The van der Waals surface area contributed by atoms with Crippen molar-refractivity contribution in [1.82, 2.24) is 9.80 Å². The van der Waals surface area contributed by atoms with Gasteiger partial charge in [-0.25, -0.2) is 4.79 Å². The number of urea groups is 1. The van der Waals surface area contributed by atoms with Crippen molar-refractivity contribution >= 4 is 11.7 Å². The normalized spacial score (nSPS) is 21.4. The number of ether oxygens (including phenoxy) is 1. The summed E-state index contributed by atoms with van der Waals surface area (Å²) < 4.78 is 5.45. The van der Waals surface area contributed by atoms with Crippen molar-refractivity contribution in [2.75, 3.05) is 44.7 Å². The maximum atomic E-state index is 12.4.